The fourth-order valence-electron chi connectivity index (χ4n) is 1.83. The molecule has 0 aliphatic carbocycles. The zero-order valence-corrected chi connectivity index (χ0v) is 11.2. The molecule has 2 aromatic rings. The highest BCUT2D eigenvalue weighted by Crippen LogP contribution is 2.23. The van der Waals surface area contributed by atoms with E-state index in [2.05, 4.69) is 10.3 Å². The third-order valence-electron chi connectivity index (χ3n) is 2.89. The molecule has 0 radical (unpaired) electrons. The van der Waals surface area contributed by atoms with Crippen LogP contribution in [0.5, 0.6) is 0 Å². The lowest BCUT2D eigenvalue weighted by Gasteiger charge is -2.16. The maximum atomic E-state index is 12.2. The number of Topliss-reactive ketones (excluding diaryl/α,β-unsaturated/α-hetero) is 1. The summed E-state index contributed by atoms with van der Waals surface area (Å²) in [7, 11) is 1.83. The molecule has 0 saturated carbocycles. The summed E-state index contributed by atoms with van der Waals surface area (Å²) in [5, 5.41) is 4.04. The predicted molar refractivity (Wildman–Crippen MR) is 75.1 cm³/mol. The van der Waals surface area contributed by atoms with Gasteiger partial charge in [-0.2, -0.15) is 0 Å². The fourth-order valence-corrected chi connectivity index (χ4v) is 1.83. The molecule has 0 fully saturated rings. The molecular formula is C15H18N2O. The number of pyridine rings is 1. The Morgan fingerprint density at radius 1 is 1.17 bits per heavy atom. The van der Waals surface area contributed by atoms with E-state index in [1.807, 2.05) is 58.2 Å². The van der Waals surface area contributed by atoms with Gasteiger partial charge in [0, 0.05) is 23.4 Å². The van der Waals surface area contributed by atoms with Crippen LogP contribution >= 0.6 is 0 Å². The molecule has 94 valence electrons. The zero-order chi connectivity index (χ0) is 13.3. The van der Waals surface area contributed by atoms with E-state index in [0.717, 1.165) is 22.3 Å². The van der Waals surface area contributed by atoms with E-state index in [4.69, 9.17) is 0 Å². The molecule has 0 aliphatic heterocycles. The number of carbonyl (C=O) groups is 1. The van der Waals surface area contributed by atoms with Gasteiger partial charge in [0.05, 0.1) is 5.52 Å². The van der Waals surface area contributed by atoms with Gasteiger partial charge >= 0.3 is 0 Å². The van der Waals surface area contributed by atoms with Crippen molar-refractivity contribution in [3.8, 4) is 0 Å². The average molecular weight is 242 g/mol. The van der Waals surface area contributed by atoms with Crippen molar-refractivity contribution in [1.29, 1.82) is 0 Å². The third kappa shape index (κ3) is 2.35. The van der Waals surface area contributed by atoms with E-state index in [1.165, 1.54) is 0 Å². The number of fused-ring (bicyclic) bond motifs is 1. The van der Waals surface area contributed by atoms with Crippen molar-refractivity contribution in [1.82, 2.24) is 4.98 Å². The van der Waals surface area contributed by atoms with Crippen molar-refractivity contribution in [2.45, 2.75) is 20.8 Å². The first-order chi connectivity index (χ1) is 8.41. The number of carbonyl (C=O) groups excluding carboxylic acids is 1. The van der Waals surface area contributed by atoms with Gasteiger partial charge in [0.15, 0.2) is 5.78 Å². The Labute approximate surface area is 107 Å². The van der Waals surface area contributed by atoms with Gasteiger partial charge in [-0.05, 0) is 18.2 Å². The molecule has 0 unspecified atom stereocenters. The molecular weight excluding hydrogens is 224 g/mol. The first kappa shape index (κ1) is 12.6. The van der Waals surface area contributed by atoms with Crippen LogP contribution in [0.15, 0.2) is 30.3 Å². The van der Waals surface area contributed by atoms with Crippen molar-refractivity contribution in [2.75, 3.05) is 12.4 Å². The van der Waals surface area contributed by atoms with Gasteiger partial charge in [-0.15, -0.1) is 0 Å². The molecule has 3 heteroatoms. The SMILES string of the molecule is CNc1ccc2ccc(C(=O)C(C)(C)C)cc2n1. The van der Waals surface area contributed by atoms with E-state index in [9.17, 15) is 4.79 Å². The molecule has 0 spiro atoms. The largest absolute Gasteiger partial charge is 0.373 e. The van der Waals surface area contributed by atoms with Crippen molar-refractivity contribution in [3.05, 3.63) is 35.9 Å². The summed E-state index contributed by atoms with van der Waals surface area (Å²) in [6.45, 7) is 5.78. The number of nitrogens with zero attached hydrogens (tertiary/aromatic N) is 1. The van der Waals surface area contributed by atoms with Gasteiger partial charge in [0.25, 0.3) is 0 Å². The van der Waals surface area contributed by atoms with Gasteiger partial charge in [0.1, 0.15) is 5.82 Å². The number of hydrogen-bond acceptors (Lipinski definition) is 3. The minimum absolute atomic E-state index is 0.140. The maximum Gasteiger partial charge on any atom is 0.168 e. The van der Waals surface area contributed by atoms with Crippen LogP contribution in [0, 0.1) is 5.41 Å². The summed E-state index contributed by atoms with van der Waals surface area (Å²) in [5.74, 6) is 0.948. The second-order valence-electron chi connectivity index (χ2n) is 5.43. The smallest absolute Gasteiger partial charge is 0.168 e. The number of hydrogen-bond donors (Lipinski definition) is 1. The molecule has 1 N–H and O–H groups in total. The van der Waals surface area contributed by atoms with Crippen molar-refractivity contribution in [2.24, 2.45) is 5.41 Å². The fraction of sp³-hybridized carbons (Fsp3) is 0.333. The van der Waals surface area contributed by atoms with Gasteiger partial charge in [-0.3, -0.25) is 4.79 Å². The molecule has 1 heterocycles. The molecule has 0 saturated heterocycles. The lowest BCUT2D eigenvalue weighted by atomic mass is 9.86. The topological polar surface area (TPSA) is 42.0 Å². The number of rotatable bonds is 2. The van der Waals surface area contributed by atoms with Crippen LogP contribution in [0.2, 0.25) is 0 Å². The molecule has 1 aromatic carbocycles. The second-order valence-corrected chi connectivity index (χ2v) is 5.43. The van der Waals surface area contributed by atoms with Crippen molar-refractivity contribution >= 4 is 22.5 Å². The van der Waals surface area contributed by atoms with Crippen LogP contribution in [0.25, 0.3) is 10.9 Å². The highest BCUT2D eigenvalue weighted by Gasteiger charge is 2.22. The van der Waals surface area contributed by atoms with E-state index in [1.54, 1.807) is 0 Å². The van der Waals surface area contributed by atoms with Crippen LogP contribution < -0.4 is 5.32 Å². The van der Waals surface area contributed by atoms with E-state index in [-0.39, 0.29) is 11.2 Å². The number of anilines is 1. The highest BCUT2D eigenvalue weighted by molar-refractivity contribution is 6.02. The Morgan fingerprint density at radius 2 is 1.83 bits per heavy atom. The Morgan fingerprint density at radius 3 is 2.44 bits per heavy atom. The second kappa shape index (κ2) is 4.41. The van der Waals surface area contributed by atoms with Crippen LogP contribution in [-0.2, 0) is 0 Å². The monoisotopic (exact) mass is 242 g/mol. The van der Waals surface area contributed by atoms with Gasteiger partial charge in [-0.25, -0.2) is 4.98 Å². The molecule has 2 rings (SSSR count). The third-order valence-corrected chi connectivity index (χ3v) is 2.89. The lowest BCUT2D eigenvalue weighted by Crippen LogP contribution is -2.20. The Kier molecular flexibility index (Phi) is 3.07. The van der Waals surface area contributed by atoms with E-state index < -0.39 is 0 Å². The van der Waals surface area contributed by atoms with Gasteiger partial charge in [0.2, 0.25) is 0 Å². The molecule has 0 atom stereocenters. The summed E-state index contributed by atoms with van der Waals surface area (Å²) in [4.78, 5) is 16.7. The molecule has 0 bridgehead atoms. The van der Waals surface area contributed by atoms with Crippen LogP contribution in [-0.4, -0.2) is 17.8 Å². The van der Waals surface area contributed by atoms with Crippen molar-refractivity contribution < 1.29 is 4.79 Å². The number of benzene rings is 1. The van der Waals surface area contributed by atoms with Gasteiger partial charge in [-0.1, -0.05) is 32.9 Å². The average Bonchev–Trinajstić information content (AvgIpc) is 2.35. The summed E-state index contributed by atoms with van der Waals surface area (Å²) < 4.78 is 0. The summed E-state index contributed by atoms with van der Waals surface area (Å²) in [5.41, 5.74) is 1.20. The Hall–Kier alpha value is -1.90. The highest BCUT2D eigenvalue weighted by atomic mass is 16.1. The molecule has 3 nitrogen and oxygen atoms in total. The van der Waals surface area contributed by atoms with Crippen LogP contribution in [0.3, 0.4) is 0 Å². The normalized spacial score (nSPS) is 11.6. The van der Waals surface area contributed by atoms with E-state index in [0.29, 0.717) is 0 Å². The number of aromatic nitrogens is 1. The quantitative estimate of drug-likeness (QED) is 0.819. The lowest BCUT2D eigenvalue weighted by molar-refractivity contribution is 0.0858. The predicted octanol–water partition coefficient (Wildman–Crippen LogP) is 3.51. The first-order valence-electron chi connectivity index (χ1n) is 6.05. The first-order valence-corrected chi connectivity index (χ1v) is 6.05. The zero-order valence-electron chi connectivity index (χ0n) is 11.2. The Bertz CT molecular complexity index is 597. The van der Waals surface area contributed by atoms with Gasteiger partial charge < -0.3 is 5.32 Å². The number of nitrogens with one attached hydrogen (secondary N) is 1. The van der Waals surface area contributed by atoms with E-state index >= 15 is 0 Å². The molecule has 0 amide bonds. The minimum atomic E-state index is -0.367. The van der Waals surface area contributed by atoms with Crippen molar-refractivity contribution in [3.63, 3.8) is 0 Å². The summed E-state index contributed by atoms with van der Waals surface area (Å²) >= 11 is 0. The summed E-state index contributed by atoms with van der Waals surface area (Å²) in [6, 6.07) is 9.61. The summed E-state index contributed by atoms with van der Waals surface area (Å²) in [6.07, 6.45) is 0. The molecule has 18 heavy (non-hydrogen) atoms. The maximum absolute atomic E-state index is 12.2. The Balaban J connectivity index is 2.52. The van der Waals surface area contributed by atoms with Crippen LogP contribution in [0.4, 0.5) is 5.82 Å². The number of ketones is 1. The molecule has 1 aromatic heterocycles. The van der Waals surface area contributed by atoms with Crippen LogP contribution in [0.1, 0.15) is 31.1 Å². The standard InChI is InChI=1S/C15H18N2O/c1-15(2,3)14(18)11-6-5-10-7-8-13(16-4)17-12(10)9-11/h5-9H,1-4H3,(H,16,17). The molecule has 0 aliphatic rings. The minimum Gasteiger partial charge on any atom is -0.373 e.